The minimum atomic E-state index is -0.655. The van der Waals surface area contributed by atoms with Crippen LogP contribution in [0.2, 0.25) is 0 Å². The van der Waals surface area contributed by atoms with Crippen molar-refractivity contribution in [2.75, 3.05) is 0 Å². The van der Waals surface area contributed by atoms with Gasteiger partial charge < -0.3 is 10.5 Å². The van der Waals surface area contributed by atoms with Gasteiger partial charge in [0.1, 0.15) is 0 Å². The summed E-state index contributed by atoms with van der Waals surface area (Å²) >= 11 is 0. The number of nitrogens with two attached hydrogens (primary N) is 1. The van der Waals surface area contributed by atoms with Gasteiger partial charge in [-0.05, 0) is 49.3 Å². The molecule has 0 aliphatic heterocycles. The summed E-state index contributed by atoms with van der Waals surface area (Å²) in [6.07, 6.45) is 4.99. The molecule has 0 spiro atoms. The first kappa shape index (κ1) is 14.3. The molecule has 1 saturated carbocycles. The fourth-order valence-corrected chi connectivity index (χ4v) is 2.67. The van der Waals surface area contributed by atoms with E-state index in [1.54, 1.807) is 0 Å². The van der Waals surface area contributed by atoms with Gasteiger partial charge in [-0.1, -0.05) is 13.3 Å². The number of ether oxygens (including phenoxy) is 1. The third-order valence-electron chi connectivity index (χ3n) is 3.95. The van der Waals surface area contributed by atoms with Gasteiger partial charge in [0.2, 0.25) is 0 Å². The van der Waals surface area contributed by atoms with Crippen LogP contribution in [0.25, 0.3) is 0 Å². The molecular formula is C15H21F2NO. The van der Waals surface area contributed by atoms with E-state index in [2.05, 4.69) is 6.92 Å². The Balaban J connectivity index is 2.03. The molecule has 19 heavy (non-hydrogen) atoms. The Labute approximate surface area is 112 Å². The van der Waals surface area contributed by atoms with E-state index < -0.39 is 11.6 Å². The van der Waals surface area contributed by atoms with Crippen molar-refractivity contribution in [2.24, 2.45) is 11.7 Å². The molecule has 0 unspecified atom stereocenters. The summed E-state index contributed by atoms with van der Waals surface area (Å²) < 4.78 is 33.1. The summed E-state index contributed by atoms with van der Waals surface area (Å²) in [4.78, 5) is 0. The zero-order valence-corrected chi connectivity index (χ0v) is 11.3. The number of halogens is 2. The fraction of sp³-hybridized carbons (Fsp3) is 0.600. The quantitative estimate of drug-likeness (QED) is 0.903. The molecule has 0 atom stereocenters. The number of hydrogen-bond donors (Lipinski definition) is 1. The monoisotopic (exact) mass is 269 g/mol. The lowest BCUT2D eigenvalue weighted by atomic mass is 9.86. The third kappa shape index (κ3) is 3.44. The molecule has 1 aliphatic rings. The van der Waals surface area contributed by atoms with E-state index in [-0.39, 0.29) is 18.4 Å². The zero-order chi connectivity index (χ0) is 13.8. The van der Waals surface area contributed by atoms with Crippen molar-refractivity contribution in [3.05, 3.63) is 29.3 Å². The first-order chi connectivity index (χ1) is 9.13. The van der Waals surface area contributed by atoms with Gasteiger partial charge in [-0.15, -0.1) is 0 Å². The molecule has 0 saturated heterocycles. The predicted molar refractivity (Wildman–Crippen MR) is 70.9 cm³/mol. The van der Waals surface area contributed by atoms with Crippen molar-refractivity contribution < 1.29 is 13.5 Å². The van der Waals surface area contributed by atoms with Crippen molar-refractivity contribution in [3.8, 4) is 5.75 Å². The molecule has 0 amide bonds. The highest BCUT2D eigenvalue weighted by Gasteiger charge is 2.23. The molecule has 0 bridgehead atoms. The summed E-state index contributed by atoms with van der Waals surface area (Å²) in [6.45, 7) is 2.30. The molecule has 2 nitrogen and oxygen atoms in total. The summed E-state index contributed by atoms with van der Waals surface area (Å²) in [5, 5.41) is 0. The second-order valence-electron chi connectivity index (χ2n) is 5.26. The lowest BCUT2D eigenvalue weighted by molar-refractivity contribution is 0.119. The molecule has 0 aromatic heterocycles. The van der Waals surface area contributed by atoms with Gasteiger partial charge in [0.25, 0.3) is 0 Å². The van der Waals surface area contributed by atoms with Crippen LogP contribution in [0, 0.1) is 17.6 Å². The number of benzene rings is 1. The van der Waals surface area contributed by atoms with Gasteiger partial charge in [0.05, 0.1) is 6.10 Å². The van der Waals surface area contributed by atoms with E-state index in [1.807, 2.05) is 0 Å². The smallest absolute Gasteiger partial charge is 0.191 e. The zero-order valence-electron chi connectivity index (χ0n) is 11.3. The maximum absolute atomic E-state index is 13.8. The van der Waals surface area contributed by atoms with Crippen LogP contribution in [0.1, 0.15) is 44.6 Å². The SMILES string of the molecule is CCC1CCC(Oc2c(F)cc(CN)cc2F)CC1. The Hall–Kier alpha value is -1.16. The van der Waals surface area contributed by atoms with E-state index in [9.17, 15) is 8.78 Å². The molecule has 1 aromatic carbocycles. The molecule has 1 fully saturated rings. The number of hydrogen-bond acceptors (Lipinski definition) is 2. The van der Waals surface area contributed by atoms with Crippen LogP contribution in [-0.4, -0.2) is 6.10 Å². The summed E-state index contributed by atoms with van der Waals surface area (Å²) in [7, 11) is 0. The normalized spacial score (nSPS) is 23.4. The number of rotatable bonds is 4. The van der Waals surface area contributed by atoms with E-state index in [0.29, 0.717) is 5.56 Å². The van der Waals surface area contributed by atoms with Gasteiger partial charge in [-0.3, -0.25) is 0 Å². The Kier molecular flexibility index (Phi) is 4.75. The maximum Gasteiger partial charge on any atom is 0.191 e. The highest BCUT2D eigenvalue weighted by atomic mass is 19.1. The summed E-state index contributed by atoms with van der Waals surface area (Å²) in [5.41, 5.74) is 5.82. The minimum absolute atomic E-state index is 0.0736. The molecule has 106 valence electrons. The first-order valence-electron chi connectivity index (χ1n) is 6.98. The second kappa shape index (κ2) is 6.33. The average molecular weight is 269 g/mol. The van der Waals surface area contributed by atoms with Gasteiger partial charge in [0.15, 0.2) is 17.4 Å². The summed E-state index contributed by atoms with van der Waals surface area (Å²) in [6, 6.07) is 2.49. The van der Waals surface area contributed by atoms with Crippen molar-refractivity contribution in [2.45, 2.75) is 51.7 Å². The largest absolute Gasteiger partial charge is 0.484 e. The van der Waals surface area contributed by atoms with Crippen LogP contribution >= 0.6 is 0 Å². The van der Waals surface area contributed by atoms with Crippen LogP contribution in [0.5, 0.6) is 5.75 Å². The van der Waals surface area contributed by atoms with Crippen LogP contribution in [-0.2, 0) is 6.54 Å². The third-order valence-corrected chi connectivity index (χ3v) is 3.95. The van der Waals surface area contributed by atoms with E-state index in [1.165, 1.54) is 18.6 Å². The Morgan fingerprint density at radius 3 is 2.21 bits per heavy atom. The van der Waals surface area contributed by atoms with E-state index in [0.717, 1.165) is 31.6 Å². The first-order valence-corrected chi connectivity index (χ1v) is 6.98. The Bertz CT molecular complexity index is 405. The molecule has 1 aromatic rings. The standard InChI is InChI=1S/C15H21F2NO/c1-2-10-3-5-12(6-4-10)19-15-13(16)7-11(9-18)8-14(15)17/h7-8,10,12H,2-6,9,18H2,1H3. The van der Waals surface area contributed by atoms with E-state index in [4.69, 9.17) is 10.5 Å². The molecule has 1 aliphatic carbocycles. The van der Waals surface area contributed by atoms with Crippen molar-refractivity contribution >= 4 is 0 Å². The molecule has 2 rings (SSSR count). The van der Waals surface area contributed by atoms with Crippen LogP contribution in [0.15, 0.2) is 12.1 Å². The lowest BCUT2D eigenvalue weighted by Gasteiger charge is -2.28. The predicted octanol–water partition coefficient (Wildman–Crippen LogP) is 3.77. The Morgan fingerprint density at radius 1 is 1.16 bits per heavy atom. The molecule has 4 heteroatoms. The minimum Gasteiger partial charge on any atom is -0.484 e. The summed E-state index contributed by atoms with van der Waals surface area (Å²) in [5.74, 6) is -0.831. The topological polar surface area (TPSA) is 35.2 Å². The highest BCUT2D eigenvalue weighted by Crippen LogP contribution is 2.31. The Morgan fingerprint density at radius 2 is 1.74 bits per heavy atom. The van der Waals surface area contributed by atoms with Crippen LogP contribution in [0.4, 0.5) is 8.78 Å². The van der Waals surface area contributed by atoms with Crippen molar-refractivity contribution in [1.82, 2.24) is 0 Å². The fourth-order valence-electron chi connectivity index (χ4n) is 2.67. The van der Waals surface area contributed by atoms with Crippen molar-refractivity contribution in [1.29, 1.82) is 0 Å². The molecule has 0 heterocycles. The molecule has 0 radical (unpaired) electrons. The average Bonchev–Trinajstić information content (AvgIpc) is 2.43. The maximum atomic E-state index is 13.8. The second-order valence-corrected chi connectivity index (χ2v) is 5.26. The highest BCUT2D eigenvalue weighted by molar-refractivity contribution is 5.31. The van der Waals surface area contributed by atoms with Gasteiger partial charge >= 0.3 is 0 Å². The lowest BCUT2D eigenvalue weighted by Crippen LogP contribution is -2.24. The molecular weight excluding hydrogens is 248 g/mol. The van der Waals surface area contributed by atoms with E-state index >= 15 is 0 Å². The van der Waals surface area contributed by atoms with Crippen molar-refractivity contribution in [3.63, 3.8) is 0 Å². The van der Waals surface area contributed by atoms with Crippen LogP contribution < -0.4 is 10.5 Å². The van der Waals surface area contributed by atoms with Crippen LogP contribution in [0.3, 0.4) is 0 Å². The van der Waals surface area contributed by atoms with Gasteiger partial charge in [-0.25, -0.2) is 8.78 Å². The molecule has 2 N–H and O–H groups in total. The van der Waals surface area contributed by atoms with Gasteiger partial charge in [0, 0.05) is 6.54 Å². The van der Waals surface area contributed by atoms with Gasteiger partial charge in [-0.2, -0.15) is 0 Å².